The van der Waals surface area contributed by atoms with E-state index >= 15 is 0 Å². The molecule has 0 atom stereocenters. The summed E-state index contributed by atoms with van der Waals surface area (Å²) >= 11 is 6.16. The van der Waals surface area contributed by atoms with Crippen LogP contribution in [0.25, 0.3) is 0 Å². The van der Waals surface area contributed by atoms with Crippen LogP contribution < -0.4 is 15.4 Å². The molecule has 6 nitrogen and oxygen atoms in total. The molecule has 25 heavy (non-hydrogen) atoms. The van der Waals surface area contributed by atoms with Gasteiger partial charge in [0.2, 0.25) is 5.95 Å². The molecule has 128 valence electrons. The van der Waals surface area contributed by atoms with E-state index in [1.54, 1.807) is 13.3 Å². The molecule has 0 radical (unpaired) electrons. The summed E-state index contributed by atoms with van der Waals surface area (Å²) in [6.45, 7) is 2.55. The first kappa shape index (κ1) is 17.0. The van der Waals surface area contributed by atoms with E-state index in [2.05, 4.69) is 25.8 Å². The summed E-state index contributed by atoms with van der Waals surface area (Å²) < 4.78 is 5.35. The van der Waals surface area contributed by atoms with Crippen LogP contribution >= 0.6 is 11.6 Å². The highest BCUT2D eigenvalue weighted by Gasteiger charge is 2.07. The van der Waals surface area contributed by atoms with Gasteiger partial charge in [0.15, 0.2) is 5.82 Å². The third-order valence-corrected chi connectivity index (χ3v) is 3.95. The van der Waals surface area contributed by atoms with Gasteiger partial charge in [-0.2, -0.15) is 10.1 Å². The summed E-state index contributed by atoms with van der Waals surface area (Å²) in [4.78, 5) is 4.42. The zero-order valence-electron chi connectivity index (χ0n) is 14.0. The Morgan fingerprint density at radius 1 is 1.16 bits per heavy atom. The lowest BCUT2D eigenvalue weighted by Gasteiger charge is -2.11. The van der Waals surface area contributed by atoms with E-state index in [4.69, 9.17) is 16.3 Å². The zero-order valence-corrected chi connectivity index (χ0v) is 14.7. The third kappa shape index (κ3) is 4.36. The second kappa shape index (κ2) is 7.81. The Bertz CT molecular complexity index is 872. The van der Waals surface area contributed by atoms with Crippen LogP contribution in [-0.2, 0) is 6.54 Å². The van der Waals surface area contributed by atoms with E-state index in [0.717, 1.165) is 16.8 Å². The molecule has 0 saturated carbocycles. The number of rotatable bonds is 6. The normalized spacial score (nSPS) is 10.4. The fourth-order valence-corrected chi connectivity index (χ4v) is 2.51. The number of aryl methyl sites for hydroxylation is 1. The SMILES string of the molecule is COc1ccc(C)cc1Nc1nncc(NCc2ccccc2Cl)n1. The van der Waals surface area contributed by atoms with Crippen LogP contribution in [0.5, 0.6) is 5.75 Å². The summed E-state index contributed by atoms with van der Waals surface area (Å²) in [6.07, 6.45) is 1.56. The average molecular weight is 356 g/mol. The van der Waals surface area contributed by atoms with Crippen molar-refractivity contribution in [2.24, 2.45) is 0 Å². The monoisotopic (exact) mass is 355 g/mol. The predicted octanol–water partition coefficient (Wildman–Crippen LogP) is 4.20. The molecule has 0 aliphatic rings. The largest absolute Gasteiger partial charge is 0.495 e. The van der Waals surface area contributed by atoms with Gasteiger partial charge in [0, 0.05) is 11.6 Å². The van der Waals surface area contributed by atoms with Gasteiger partial charge in [0.1, 0.15) is 5.75 Å². The summed E-state index contributed by atoms with van der Waals surface area (Å²) in [7, 11) is 1.62. The van der Waals surface area contributed by atoms with Crippen LogP contribution in [-0.4, -0.2) is 22.3 Å². The Morgan fingerprint density at radius 3 is 2.80 bits per heavy atom. The lowest BCUT2D eigenvalue weighted by atomic mass is 10.2. The van der Waals surface area contributed by atoms with Crippen LogP contribution in [0.1, 0.15) is 11.1 Å². The Labute approximate surface area is 151 Å². The fourth-order valence-electron chi connectivity index (χ4n) is 2.31. The Morgan fingerprint density at radius 2 is 2.00 bits per heavy atom. The van der Waals surface area contributed by atoms with E-state index in [1.807, 2.05) is 49.4 Å². The molecular formula is C18H18ClN5O. The van der Waals surface area contributed by atoms with Crippen molar-refractivity contribution < 1.29 is 4.74 Å². The molecule has 0 amide bonds. The second-order valence-electron chi connectivity index (χ2n) is 5.44. The number of hydrogen-bond acceptors (Lipinski definition) is 6. The maximum Gasteiger partial charge on any atom is 0.249 e. The van der Waals surface area contributed by atoms with Crippen molar-refractivity contribution in [3.05, 3.63) is 64.8 Å². The zero-order chi connectivity index (χ0) is 17.6. The van der Waals surface area contributed by atoms with Crippen molar-refractivity contribution in [2.75, 3.05) is 17.7 Å². The number of nitrogens with one attached hydrogen (secondary N) is 2. The highest BCUT2D eigenvalue weighted by atomic mass is 35.5. The van der Waals surface area contributed by atoms with E-state index < -0.39 is 0 Å². The third-order valence-electron chi connectivity index (χ3n) is 3.58. The van der Waals surface area contributed by atoms with Gasteiger partial charge in [-0.15, -0.1) is 5.10 Å². The van der Waals surface area contributed by atoms with Crippen LogP contribution in [0.3, 0.4) is 0 Å². The molecule has 0 fully saturated rings. The van der Waals surface area contributed by atoms with Crippen molar-refractivity contribution in [2.45, 2.75) is 13.5 Å². The van der Waals surface area contributed by atoms with Gasteiger partial charge >= 0.3 is 0 Å². The molecule has 3 aromatic rings. The molecule has 0 bridgehead atoms. The molecule has 0 spiro atoms. The number of halogens is 1. The molecule has 3 rings (SSSR count). The lowest BCUT2D eigenvalue weighted by molar-refractivity contribution is 0.416. The highest BCUT2D eigenvalue weighted by molar-refractivity contribution is 6.31. The minimum atomic E-state index is 0.382. The Hall–Kier alpha value is -2.86. The number of ether oxygens (including phenoxy) is 1. The summed E-state index contributed by atoms with van der Waals surface area (Å²) in [5.41, 5.74) is 2.87. The second-order valence-corrected chi connectivity index (χ2v) is 5.85. The molecular weight excluding hydrogens is 338 g/mol. The Balaban J connectivity index is 1.74. The molecule has 1 heterocycles. The maximum absolute atomic E-state index is 6.16. The Kier molecular flexibility index (Phi) is 5.30. The van der Waals surface area contributed by atoms with Gasteiger partial charge in [-0.1, -0.05) is 35.9 Å². The highest BCUT2D eigenvalue weighted by Crippen LogP contribution is 2.27. The van der Waals surface area contributed by atoms with Crippen molar-refractivity contribution in [1.82, 2.24) is 15.2 Å². The van der Waals surface area contributed by atoms with Crippen LogP contribution in [0.2, 0.25) is 5.02 Å². The van der Waals surface area contributed by atoms with Gasteiger partial charge in [0.05, 0.1) is 19.0 Å². The average Bonchev–Trinajstić information content (AvgIpc) is 2.62. The number of anilines is 3. The maximum atomic E-state index is 6.16. The number of nitrogens with zero attached hydrogens (tertiary/aromatic N) is 3. The summed E-state index contributed by atoms with van der Waals surface area (Å²) in [5, 5.41) is 15.0. The first-order chi connectivity index (χ1) is 12.2. The number of aromatic nitrogens is 3. The van der Waals surface area contributed by atoms with Gasteiger partial charge in [-0.3, -0.25) is 0 Å². The molecule has 0 saturated heterocycles. The lowest BCUT2D eigenvalue weighted by Crippen LogP contribution is -2.06. The molecule has 0 aliphatic carbocycles. The smallest absolute Gasteiger partial charge is 0.249 e. The molecule has 7 heteroatoms. The van der Waals surface area contributed by atoms with Crippen molar-refractivity contribution in [1.29, 1.82) is 0 Å². The fraction of sp³-hybridized carbons (Fsp3) is 0.167. The van der Waals surface area contributed by atoms with E-state index in [9.17, 15) is 0 Å². The van der Waals surface area contributed by atoms with E-state index in [-0.39, 0.29) is 0 Å². The number of benzene rings is 2. The standard InChI is InChI=1S/C18H18ClN5O/c1-12-7-8-16(25-2)15(9-12)22-18-23-17(11-21-24-18)20-10-13-5-3-4-6-14(13)19/h3-9,11H,10H2,1-2H3,(H2,20,22,23,24). The molecule has 0 aliphatic heterocycles. The minimum absolute atomic E-state index is 0.382. The van der Waals surface area contributed by atoms with E-state index in [0.29, 0.717) is 29.1 Å². The topological polar surface area (TPSA) is 72.0 Å². The van der Waals surface area contributed by atoms with Gasteiger partial charge in [0.25, 0.3) is 0 Å². The first-order valence-electron chi connectivity index (χ1n) is 7.74. The van der Waals surface area contributed by atoms with Crippen LogP contribution in [0.15, 0.2) is 48.7 Å². The van der Waals surface area contributed by atoms with Crippen molar-refractivity contribution in [3.8, 4) is 5.75 Å². The van der Waals surface area contributed by atoms with Crippen molar-refractivity contribution >= 4 is 29.1 Å². The van der Waals surface area contributed by atoms with Crippen LogP contribution in [0.4, 0.5) is 17.5 Å². The molecule has 2 N–H and O–H groups in total. The molecule has 0 unspecified atom stereocenters. The number of hydrogen-bond donors (Lipinski definition) is 2. The van der Waals surface area contributed by atoms with Crippen LogP contribution in [0, 0.1) is 6.92 Å². The quantitative estimate of drug-likeness (QED) is 0.690. The van der Waals surface area contributed by atoms with E-state index in [1.165, 1.54) is 0 Å². The predicted molar refractivity (Wildman–Crippen MR) is 99.6 cm³/mol. The van der Waals surface area contributed by atoms with Crippen molar-refractivity contribution in [3.63, 3.8) is 0 Å². The minimum Gasteiger partial charge on any atom is -0.495 e. The molecule has 1 aromatic heterocycles. The van der Waals surface area contributed by atoms with Gasteiger partial charge < -0.3 is 15.4 Å². The summed E-state index contributed by atoms with van der Waals surface area (Å²) in [6, 6.07) is 13.5. The first-order valence-corrected chi connectivity index (χ1v) is 8.12. The summed E-state index contributed by atoms with van der Waals surface area (Å²) in [5.74, 6) is 1.70. The molecule has 2 aromatic carbocycles. The van der Waals surface area contributed by atoms with Gasteiger partial charge in [-0.25, -0.2) is 0 Å². The van der Waals surface area contributed by atoms with Gasteiger partial charge in [-0.05, 0) is 36.2 Å². The number of methoxy groups -OCH3 is 1.